The summed E-state index contributed by atoms with van der Waals surface area (Å²) in [5.41, 5.74) is 5.33. The minimum absolute atomic E-state index is 0.0836. The van der Waals surface area contributed by atoms with Gasteiger partial charge in [-0.3, -0.25) is 38.4 Å². The molecule has 3 fully saturated rings. The molecule has 0 aliphatic carbocycles. The molecule has 16 atom stereocenters. The SMILES string of the molecule is CCC(C)CC(C)CCCCCCCCC(=O)N[C@H]1C[C@@H](O)[C@@H](Sc2ccc(O)c(O)c2)NC(=O)[C@@H]2[C@@H](O)CCN2C(=O)[C@H]([C@H](O)CC(N)=O)NC(=O)[C@H]([C@H](O)[C@@H](O)c2ccc(O)cc2)CC(=O)[C@@H]2C[C@@H](O)CN2C(=O)[C@H]([C@@H](C)O)NC1=O. The molecule has 16 N–H and O–H groups in total. The van der Waals surface area contributed by atoms with Gasteiger partial charge in [0, 0.05) is 43.7 Å². The first kappa shape index (κ1) is 67.7. The number of carbonyl (C=O) groups excluding carboxylic acids is 8. The molecule has 26 heteroatoms. The second-order valence-corrected chi connectivity index (χ2v) is 23.8. The molecule has 25 nitrogen and oxygen atoms in total. The predicted octanol–water partition coefficient (Wildman–Crippen LogP) is -0.0395. The van der Waals surface area contributed by atoms with E-state index in [1.54, 1.807) is 0 Å². The number of nitrogens with zero attached hydrogens (tertiary/aromatic N) is 2. The summed E-state index contributed by atoms with van der Waals surface area (Å²) in [6.45, 7) is 6.82. The minimum Gasteiger partial charge on any atom is -0.508 e. The first-order chi connectivity index (χ1) is 39.2. The smallest absolute Gasteiger partial charge is 0.248 e. The van der Waals surface area contributed by atoms with Gasteiger partial charge in [0.25, 0.3) is 0 Å². The Kier molecular flexibility index (Phi) is 25.8. The molecule has 83 heavy (non-hydrogen) atoms. The molecule has 0 saturated carbocycles. The highest BCUT2D eigenvalue weighted by Gasteiger charge is 2.49. The molecule has 2 aromatic carbocycles. The van der Waals surface area contributed by atoms with Gasteiger partial charge in [0.1, 0.15) is 41.4 Å². The van der Waals surface area contributed by atoms with Crippen molar-refractivity contribution in [1.82, 2.24) is 31.1 Å². The van der Waals surface area contributed by atoms with Crippen molar-refractivity contribution in [2.45, 2.75) is 207 Å². The summed E-state index contributed by atoms with van der Waals surface area (Å²) in [5, 5.41) is 119. The van der Waals surface area contributed by atoms with Crippen molar-refractivity contribution in [3.63, 3.8) is 0 Å². The second-order valence-electron chi connectivity index (χ2n) is 22.6. The van der Waals surface area contributed by atoms with Crippen molar-refractivity contribution in [2.75, 3.05) is 13.1 Å². The third kappa shape index (κ3) is 19.2. The molecule has 3 heterocycles. The first-order valence-corrected chi connectivity index (χ1v) is 29.4. The van der Waals surface area contributed by atoms with E-state index in [-0.39, 0.29) is 29.1 Å². The number of hydrogen-bond donors (Lipinski definition) is 15. The number of benzene rings is 2. The van der Waals surface area contributed by atoms with Crippen molar-refractivity contribution in [3.05, 3.63) is 48.0 Å². The van der Waals surface area contributed by atoms with E-state index < -0.39 is 182 Å². The lowest BCUT2D eigenvalue weighted by atomic mass is 9.86. The van der Waals surface area contributed by atoms with Crippen molar-refractivity contribution in [3.8, 4) is 17.2 Å². The van der Waals surface area contributed by atoms with E-state index in [1.165, 1.54) is 24.6 Å². The third-order valence-electron chi connectivity index (χ3n) is 15.8. The van der Waals surface area contributed by atoms with Crippen LogP contribution in [-0.2, 0) is 38.4 Å². The van der Waals surface area contributed by atoms with Gasteiger partial charge in [-0.1, -0.05) is 89.6 Å². The molecule has 7 amide bonds. The molecule has 2 aromatic rings. The number of phenols is 3. The van der Waals surface area contributed by atoms with Crippen LogP contribution in [0.4, 0.5) is 0 Å². The zero-order chi connectivity index (χ0) is 61.4. The number of aliphatic hydroxyl groups is 7. The first-order valence-electron chi connectivity index (χ1n) is 28.6. The summed E-state index contributed by atoms with van der Waals surface area (Å²) in [5.74, 6) is -11.3. The molecule has 462 valence electrons. The van der Waals surface area contributed by atoms with Crippen molar-refractivity contribution >= 4 is 58.9 Å². The Balaban J connectivity index is 1.56. The van der Waals surface area contributed by atoms with Crippen LogP contribution in [0.15, 0.2) is 47.4 Å². The Morgan fingerprint density at radius 3 is 2.02 bits per heavy atom. The Morgan fingerprint density at radius 2 is 1.39 bits per heavy atom. The molecular weight excluding hydrogens is 1100 g/mol. The third-order valence-corrected chi connectivity index (χ3v) is 17.0. The molecule has 2 unspecified atom stereocenters. The molecule has 5 rings (SSSR count). The zero-order valence-corrected chi connectivity index (χ0v) is 48.2. The maximum Gasteiger partial charge on any atom is 0.248 e. The molecule has 0 spiro atoms. The van der Waals surface area contributed by atoms with Crippen LogP contribution in [-0.4, -0.2) is 193 Å². The number of fused-ring (bicyclic) bond motifs is 2. The van der Waals surface area contributed by atoms with Crippen LogP contribution in [0.1, 0.15) is 136 Å². The van der Waals surface area contributed by atoms with Gasteiger partial charge < -0.3 is 87.9 Å². The fourth-order valence-electron chi connectivity index (χ4n) is 10.9. The number of thioether (sulfide) groups is 1. The van der Waals surface area contributed by atoms with Crippen LogP contribution in [0, 0.1) is 17.8 Å². The number of rotatable bonds is 22. The number of aliphatic hydroxyl groups excluding tert-OH is 7. The van der Waals surface area contributed by atoms with E-state index in [0.717, 1.165) is 79.5 Å². The Morgan fingerprint density at radius 1 is 0.747 bits per heavy atom. The van der Waals surface area contributed by atoms with Gasteiger partial charge in [-0.25, -0.2) is 0 Å². The van der Waals surface area contributed by atoms with E-state index in [2.05, 4.69) is 42.0 Å². The zero-order valence-electron chi connectivity index (χ0n) is 47.4. The fraction of sp³-hybridized carbons (Fsp3) is 0.649. The van der Waals surface area contributed by atoms with Gasteiger partial charge in [-0.05, 0) is 73.9 Å². The Bertz CT molecular complexity index is 2540. The monoisotopic (exact) mass is 1190 g/mol. The number of unbranched alkanes of at least 4 members (excludes halogenated alkanes) is 5. The van der Waals surface area contributed by atoms with Gasteiger partial charge in [0.15, 0.2) is 17.3 Å². The Hall–Kier alpha value is -6.13. The standard InChI is InChI=1S/C57H85N7O18S/c1-5-29(2)22-30(3)12-10-8-6-7-9-11-13-46(75)59-37-26-44(73)55(83-35-18-19-39(68)42(71)24-35)62-54(80)49-40(69)20-21-63(49)57(82)48(43(72)27-45(58)74)61-52(78)36(51(77)50(76)32-14-16-33(66)17-15-32)25-41(70)38-23-34(67)28-64(38)56(81)47(31(4)65)60-53(37)79/h14-19,24,29-31,34,36-38,40,43-44,47-51,55,65-69,71-73,76-77H,5-13,20-23,25-28H2,1-4H3,(H2,58,74)(H,59,75)(H,60,79)(H,61,78)(H,62,80)/t29?,30?,31-,34-,36+,37+,38+,40+,43-,44-,47+,48+,49+,50+,51+,55-/m1/s1. The lowest BCUT2D eigenvalue weighted by Crippen LogP contribution is -2.61. The average molecular weight is 1190 g/mol. The summed E-state index contributed by atoms with van der Waals surface area (Å²) in [7, 11) is 0. The van der Waals surface area contributed by atoms with Gasteiger partial charge in [-0.2, -0.15) is 0 Å². The van der Waals surface area contributed by atoms with Crippen molar-refractivity contribution < 1.29 is 89.4 Å². The average Bonchev–Trinajstić information content (AvgIpc) is 3.62. The number of primary amides is 1. The summed E-state index contributed by atoms with van der Waals surface area (Å²) in [6.07, 6.45) is -8.53. The molecule has 0 aromatic heterocycles. The predicted molar refractivity (Wildman–Crippen MR) is 300 cm³/mol. The van der Waals surface area contributed by atoms with Gasteiger partial charge >= 0.3 is 0 Å². The van der Waals surface area contributed by atoms with Crippen LogP contribution in [0.2, 0.25) is 0 Å². The molecule has 3 saturated heterocycles. The van der Waals surface area contributed by atoms with E-state index in [4.69, 9.17) is 5.73 Å². The topological polar surface area (TPSA) is 419 Å². The summed E-state index contributed by atoms with van der Waals surface area (Å²) in [6, 6.07) is -1.31. The number of nitrogens with one attached hydrogen (secondary N) is 4. The van der Waals surface area contributed by atoms with Crippen molar-refractivity contribution in [2.24, 2.45) is 23.5 Å². The maximum absolute atomic E-state index is 14.8. The van der Waals surface area contributed by atoms with Crippen LogP contribution in [0.25, 0.3) is 0 Å². The fourth-order valence-corrected chi connectivity index (χ4v) is 12.0. The highest BCUT2D eigenvalue weighted by molar-refractivity contribution is 8.00. The number of aromatic hydroxyl groups is 3. The summed E-state index contributed by atoms with van der Waals surface area (Å²) >= 11 is 0.658. The number of hydrogen-bond acceptors (Lipinski definition) is 19. The largest absolute Gasteiger partial charge is 0.508 e. The number of Topliss-reactive ketones (excluding diaryl/α,β-unsaturated/α-hetero) is 1. The molecule has 0 radical (unpaired) electrons. The van der Waals surface area contributed by atoms with Crippen LogP contribution < -0.4 is 27.0 Å². The summed E-state index contributed by atoms with van der Waals surface area (Å²) < 4.78 is 0. The quantitative estimate of drug-likeness (QED) is 0.0543. The van der Waals surface area contributed by atoms with Gasteiger partial charge in [0.05, 0.1) is 55.0 Å². The number of carbonyl (C=O) groups is 8. The highest BCUT2D eigenvalue weighted by atomic mass is 32.2. The number of phenolic OH excluding ortho intramolecular Hbond substituents is 3. The Labute approximate surface area is 486 Å². The molecule has 3 aliphatic rings. The van der Waals surface area contributed by atoms with Crippen molar-refractivity contribution in [1.29, 1.82) is 0 Å². The van der Waals surface area contributed by atoms with Crippen LogP contribution in [0.3, 0.4) is 0 Å². The maximum atomic E-state index is 14.8. The van der Waals surface area contributed by atoms with Crippen LogP contribution >= 0.6 is 11.8 Å². The molecular formula is C57H85N7O18S. The normalized spacial score (nSPS) is 27.4. The van der Waals surface area contributed by atoms with Crippen LogP contribution in [0.5, 0.6) is 17.2 Å². The lowest BCUT2D eigenvalue weighted by Gasteiger charge is -2.34. The van der Waals surface area contributed by atoms with E-state index in [9.17, 15) is 89.4 Å². The number of ketones is 1. The highest BCUT2D eigenvalue weighted by Crippen LogP contribution is 2.35. The number of amides is 7. The van der Waals surface area contributed by atoms with E-state index >= 15 is 0 Å². The van der Waals surface area contributed by atoms with Gasteiger partial charge in [-0.15, -0.1) is 0 Å². The van der Waals surface area contributed by atoms with Gasteiger partial charge in [0.2, 0.25) is 41.4 Å². The molecule has 0 bridgehead atoms. The lowest BCUT2D eigenvalue weighted by molar-refractivity contribution is -0.149. The van der Waals surface area contributed by atoms with E-state index in [1.807, 2.05) is 0 Å². The summed E-state index contributed by atoms with van der Waals surface area (Å²) in [4.78, 5) is 116. The second kappa shape index (κ2) is 31.7. The minimum atomic E-state index is -2.27. The molecule has 3 aliphatic heterocycles. The number of nitrogens with two attached hydrogens (primary N) is 1. The van der Waals surface area contributed by atoms with E-state index in [0.29, 0.717) is 36.4 Å².